The third-order valence-electron chi connectivity index (χ3n) is 4.70. The molecule has 2 fully saturated rings. The minimum absolute atomic E-state index is 0.401. The van der Waals surface area contributed by atoms with Crippen molar-refractivity contribution in [2.75, 3.05) is 13.2 Å². The zero-order valence-electron chi connectivity index (χ0n) is 12.6. The summed E-state index contributed by atoms with van der Waals surface area (Å²) in [5.41, 5.74) is 2.83. The molecule has 1 saturated heterocycles. The van der Waals surface area contributed by atoms with Crippen LogP contribution in [0.4, 0.5) is 0 Å². The van der Waals surface area contributed by atoms with Gasteiger partial charge in [-0.2, -0.15) is 0 Å². The van der Waals surface area contributed by atoms with E-state index >= 15 is 0 Å². The van der Waals surface area contributed by atoms with Crippen molar-refractivity contribution in [3.63, 3.8) is 0 Å². The summed E-state index contributed by atoms with van der Waals surface area (Å²) in [4.78, 5) is 0. The van der Waals surface area contributed by atoms with Crippen LogP contribution in [0, 0.1) is 0 Å². The van der Waals surface area contributed by atoms with Crippen molar-refractivity contribution in [1.29, 1.82) is 0 Å². The topological polar surface area (TPSA) is 26.2 Å². The van der Waals surface area contributed by atoms with Gasteiger partial charge in [0.05, 0.1) is 6.10 Å². The minimum atomic E-state index is 0.401. The van der Waals surface area contributed by atoms with Crippen molar-refractivity contribution in [3.8, 4) is 0 Å². The Balaban J connectivity index is 1.53. The lowest BCUT2D eigenvalue weighted by Crippen LogP contribution is -2.19. The van der Waals surface area contributed by atoms with Crippen LogP contribution < -0.4 is 5.32 Å². The fourth-order valence-electron chi connectivity index (χ4n) is 3.38. The van der Waals surface area contributed by atoms with Crippen LogP contribution in [0.15, 0.2) is 30.5 Å². The molecule has 0 radical (unpaired) electrons. The second kappa shape index (κ2) is 5.82. The monoisotopic (exact) mass is 284 g/mol. The van der Waals surface area contributed by atoms with Crippen LogP contribution in [0.5, 0.6) is 0 Å². The molecule has 3 heteroatoms. The number of benzene rings is 1. The zero-order chi connectivity index (χ0) is 14.1. The third-order valence-corrected chi connectivity index (χ3v) is 4.70. The predicted octanol–water partition coefficient (Wildman–Crippen LogP) is 3.11. The molecule has 1 aromatic carbocycles. The molecule has 0 bridgehead atoms. The van der Waals surface area contributed by atoms with Crippen molar-refractivity contribution in [1.82, 2.24) is 9.88 Å². The molecule has 4 rings (SSSR count). The summed E-state index contributed by atoms with van der Waals surface area (Å²) in [6.07, 6.45) is 9.00. The van der Waals surface area contributed by atoms with Gasteiger partial charge in [-0.25, -0.2) is 0 Å². The zero-order valence-corrected chi connectivity index (χ0v) is 12.6. The normalized spacial score (nSPS) is 22.2. The summed E-state index contributed by atoms with van der Waals surface area (Å²) in [6, 6.07) is 9.58. The molecule has 1 aliphatic carbocycles. The average molecular weight is 284 g/mol. The van der Waals surface area contributed by atoms with Gasteiger partial charge in [-0.05, 0) is 50.3 Å². The first-order chi connectivity index (χ1) is 10.4. The average Bonchev–Trinajstić information content (AvgIpc) is 3.07. The second-order valence-corrected chi connectivity index (χ2v) is 6.44. The molecule has 2 aliphatic rings. The van der Waals surface area contributed by atoms with E-state index in [0.717, 1.165) is 32.2 Å². The predicted molar refractivity (Wildman–Crippen MR) is 85.6 cm³/mol. The Morgan fingerprint density at radius 1 is 1.19 bits per heavy atom. The molecule has 1 N–H and O–H groups in total. The van der Waals surface area contributed by atoms with Gasteiger partial charge in [-0.3, -0.25) is 0 Å². The van der Waals surface area contributed by atoms with Crippen LogP contribution in [-0.2, 0) is 17.7 Å². The lowest BCUT2D eigenvalue weighted by Gasteiger charge is -2.11. The molecule has 1 unspecified atom stereocenters. The van der Waals surface area contributed by atoms with Gasteiger partial charge in [0.1, 0.15) is 0 Å². The van der Waals surface area contributed by atoms with Gasteiger partial charge in [0.2, 0.25) is 0 Å². The molecule has 0 amide bonds. The largest absolute Gasteiger partial charge is 0.376 e. The smallest absolute Gasteiger partial charge is 0.0754 e. The van der Waals surface area contributed by atoms with Crippen LogP contribution in [-0.4, -0.2) is 29.9 Å². The summed E-state index contributed by atoms with van der Waals surface area (Å²) >= 11 is 0. The molecule has 1 saturated carbocycles. The SMILES string of the molecule is c1ccc2c(c1)c(CCNC1CC1)cn2CC1CCCO1. The number of nitrogens with zero attached hydrogens (tertiary/aromatic N) is 1. The Hall–Kier alpha value is -1.32. The molecule has 0 spiro atoms. The van der Waals surface area contributed by atoms with Crippen molar-refractivity contribution in [3.05, 3.63) is 36.0 Å². The maximum absolute atomic E-state index is 5.80. The van der Waals surface area contributed by atoms with Crippen LogP contribution in [0.3, 0.4) is 0 Å². The van der Waals surface area contributed by atoms with Crippen LogP contribution in [0.1, 0.15) is 31.2 Å². The molecule has 112 valence electrons. The lowest BCUT2D eigenvalue weighted by atomic mass is 10.1. The summed E-state index contributed by atoms with van der Waals surface area (Å²) in [6.45, 7) is 3.03. The maximum atomic E-state index is 5.80. The minimum Gasteiger partial charge on any atom is -0.376 e. The number of nitrogens with one attached hydrogen (secondary N) is 1. The number of hydrogen-bond donors (Lipinski definition) is 1. The summed E-state index contributed by atoms with van der Waals surface area (Å²) < 4.78 is 8.20. The molecular formula is C18H24N2O. The first kappa shape index (κ1) is 13.4. The number of hydrogen-bond acceptors (Lipinski definition) is 2. The highest BCUT2D eigenvalue weighted by Crippen LogP contribution is 2.24. The maximum Gasteiger partial charge on any atom is 0.0754 e. The Bertz CT molecular complexity index is 609. The summed E-state index contributed by atoms with van der Waals surface area (Å²) in [5, 5.41) is 5.03. The number of para-hydroxylation sites is 1. The van der Waals surface area contributed by atoms with Gasteiger partial charge >= 0.3 is 0 Å². The second-order valence-electron chi connectivity index (χ2n) is 6.44. The van der Waals surface area contributed by atoms with E-state index in [-0.39, 0.29) is 0 Å². The summed E-state index contributed by atoms with van der Waals surface area (Å²) in [5.74, 6) is 0. The van der Waals surface area contributed by atoms with E-state index in [0.29, 0.717) is 6.10 Å². The highest BCUT2D eigenvalue weighted by atomic mass is 16.5. The van der Waals surface area contributed by atoms with E-state index in [1.54, 1.807) is 0 Å². The highest BCUT2D eigenvalue weighted by molar-refractivity contribution is 5.84. The molecule has 1 atom stereocenters. The van der Waals surface area contributed by atoms with Gasteiger partial charge < -0.3 is 14.6 Å². The Kier molecular flexibility index (Phi) is 3.70. The van der Waals surface area contributed by atoms with Crippen molar-refractivity contribution in [2.45, 2.75) is 50.8 Å². The quantitative estimate of drug-likeness (QED) is 0.882. The molecule has 1 aliphatic heterocycles. The Morgan fingerprint density at radius 2 is 2.10 bits per heavy atom. The molecule has 1 aromatic heterocycles. The van der Waals surface area contributed by atoms with E-state index in [2.05, 4.69) is 40.3 Å². The number of aromatic nitrogens is 1. The van der Waals surface area contributed by atoms with Gasteiger partial charge in [0, 0.05) is 36.3 Å². The Labute approximate surface area is 126 Å². The number of rotatable bonds is 6. The standard InChI is InChI=1S/C18H24N2O/c1-2-6-18-17(5-1)14(9-10-19-15-7-8-15)12-20(18)13-16-4-3-11-21-16/h1-2,5-6,12,15-16,19H,3-4,7-11,13H2. The van der Waals surface area contributed by atoms with Gasteiger partial charge in [0.15, 0.2) is 0 Å². The van der Waals surface area contributed by atoms with Crippen molar-refractivity contribution >= 4 is 10.9 Å². The first-order valence-electron chi connectivity index (χ1n) is 8.32. The van der Waals surface area contributed by atoms with E-state index in [4.69, 9.17) is 4.74 Å². The fraction of sp³-hybridized carbons (Fsp3) is 0.556. The number of fused-ring (bicyclic) bond motifs is 1. The third kappa shape index (κ3) is 2.99. The fourth-order valence-corrected chi connectivity index (χ4v) is 3.38. The van der Waals surface area contributed by atoms with Crippen molar-refractivity contribution < 1.29 is 4.74 Å². The molecule has 21 heavy (non-hydrogen) atoms. The van der Waals surface area contributed by atoms with E-state index < -0.39 is 0 Å². The van der Waals surface area contributed by atoms with Crippen molar-refractivity contribution in [2.24, 2.45) is 0 Å². The van der Waals surface area contributed by atoms with Gasteiger partial charge in [-0.15, -0.1) is 0 Å². The summed E-state index contributed by atoms with van der Waals surface area (Å²) in [7, 11) is 0. The number of ether oxygens (including phenoxy) is 1. The highest BCUT2D eigenvalue weighted by Gasteiger charge is 2.20. The molecule has 2 aromatic rings. The van der Waals surface area contributed by atoms with Crippen LogP contribution in [0.2, 0.25) is 0 Å². The molecule has 2 heterocycles. The van der Waals surface area contributed by atoms with E-state index in [9.17, 15) is 0 Å². The lowest BCUT2D eigenvalue weighted by molar-refractivity contribution is 0.0980. The molecular weight excluding hydrogens is 260 g/mol. The molecule has 3 nitrogen and oxygen atoms in total. The van der Waals surface area contributed by atoms with Crippen LogP contribution in [0.25, 0.3) is 10.9 Å². The Morgan fingerprint density at radius 3 is 2.90 bits per heavy atom. The van der Waals surface area contributed by atoms with E-state index in [1.165, 1.54) is 42.1 Å². The van der Waals surface area contributed by atoms with Crippen LogP contribution >= 0.6 is 0 Å². The van der Waals surface area contributed by atoms with Gasteiger partial charge in [-0.1, -0.05) is 18.2 Å². The first-order valence-corrected chi connectivity index (χ1v) is 8.32. The van der Waals surface area contributed by atoms with E-state index in [1.807, 2.05) is 0 Å². The van der Waals surface area contributed by atoms with Gasteiger partial charge in [0.25, 0.3) is 0 Å².